The molecule has 2 aromatic rings. The van der Waals surface area contributed by atoms with Crippen LogP contribution in [0.3, 0.4) is 0 Å². The summed E-state index contributed by atoms with van der Waals surface area (Å²) < 4.78 is 0. The number of carbonyl (C=O) groups excluding carboxylic acids is 1. The standard InChI is InChI=1S/C17H23N3O/c1-2-3-4-5-6-11-17(21)20-19-13-14-12-18-16-10-8-7-9-15(14)16/h7-10,12-13,18H,2-6,11H2,1H3,(H,20,21)/b19-13+. The number of para-hydroxylation sites is 1. The predicted molar refractivity (Wildman–Crippen MR) is 87.4 cm³/mol. The molecule has 2 rings (SSSR count). The highest BCUT2D eigenvalue weighted by Crippen LogP contribution is 2.15. The number of H-pyrrole nitrogens is 1. The predicted octanol–water partition coefficient (Wildman–Crippen LogP) is 3.98. The topological polar surface area (TPSA) is 57.2 Å². The van der Waals surface area contributed by atoms with Gasteiger partial charge in [-0.2, -0.15) is 5.10 Å². The zero-order chi connectivity index (χ0) is 14.9. The van der Waals surface area contributed by atoms with E-state index in [0.717, 1.165) is 29.3 Å². The molecule has 0 spiro atoms. The van der Waals surface area contributed by atoms with E-state index in [9.17, 15) is 4.79 Å². The minimum Gasteiger partial charge on any atom is -0.361 e. The molecule has 0 aliphatic carbocycles. The third-order valence-electron chi connectivity index (χ3n) is 3.52. The van der Waals surface area contributed by atoms with Gasteiger partial charge in [0.25, 0.3) is 0 Å². The van der Waals surface area contributed by atoms with E-state index >= 15 is 0 Å². The first-order valence-electron chi connectivity index (χ1n) is 7.69. The van der Waals surface area contributed by atoms with Crippen LogP contribution in [0, 0.1) is 0 Å². The zero-order valence-electron chi connectivity index (χ0n) is 12.6. The number of fused-ring (bicyclic) bond motifs is 1. The van der Waals surface area contributed by atoms with Gasteiger partial charge in [-0.25, -0.2) is 5.43 Å². The molecule has 0 bridgehead atoms. The molecule has 112 valence electrons. The fourth-order valence-electron chi connectivity index (χ4n) is 2.32. The number of benzene rings is 1. The van der Waals surface area contributed by atoms with E-state index in [2.05, 4.69) is 22.4 Å². The number of nitrogens with zero attached hydrogens (tertiary/aromatic N) is 1. The number of rotatable bonds is 8. The van der Waals surface area contributed by atoms with Crippen LogP contribution < -0.4 is 5.43 Å². The van der Waals surface area contributed by atoms with Crippen LogP contribution >= 0.6 is 0 Å². The molecule has 1 amide bonds. The van der Waals surface area contributed by atoms with Gasteiger partial charge in [-0.3, -0.25) is 4.79 Å². The van der Waals surface area contributed by atoms with Crippen molar-refractivity contribution in [2.45, 2.75) is 45.4 Å². The summed E-state index contributed by atoms with van der Waals surface area (Å²) in [5.41, 5.74) is 4.64. The van der Waals surface area contributed by atoms with Crippen molar-refractivity contribution in [1.82, 2.24) is 10.4 Å². The Hall–Kier alpha value is -2.10. The van der Waals surface area contributed by atoms with Crippen LogP contribution in [-0.2, 0) is 4.79 Å². The summed E-state index contributed by atoms with van der Waals surface area (Å²) in [6.07, 6.45) is 9.87. The lowest BCUT2D eigenvalue weighted by Gasteiger charge is -2.00. The van der Waals surface area contributed by atoms with Crippen molar-refractivity contribution in [3.8, 4) is 0 Å². The third-order valence-corrected chi connectivity index (χ3v) is 3.52. The van der Waals surface area contributed by atoms with Crippen molar-refractivity contribution < 1.29 is 4.79 Å². The van der Waals surface area contributed by atoms with E-state index in [-0.39, 0.29) is 5.91 Å². The Morgan fingerprint density at radius 3 is 2.90 bits per heavy atom. The second-order valence-corrected chi connectivity index (χ2v) is 5.25. The van der Waals surface area contributed by atoms with E-state index < -0.39 is 0 Å². The molecule has 1 aromatic heterocycles. The van der Waals surface area contributed by atoms with E-state index in [0.29, 0.717) is 6.42 Å². The molecule has 2 N–H and O–H groups in total. The monoisotopic (exact) mass is 285 g/mol. The van der Waals surface area contributed by atoms with Crippen LogP contribution in [0.5, 0.6) is 0 Å². The molecule has 4 heteroatoms. The van der Waals surface area contributed by atoms with Gasteiger partial charge in [0.2, 0.25) is 5.91 Å². The van der Waals surface area contributed by atoms with Crippen molar-refractivity contribution in [1.29, 1.82) is 0 Å². The first kappa shape index (κ1) is 15.3. The fraction of sp³-hybridized carbons (Fsp3) is 0.412. The van der Waals surface area contributed by atoms with Crippen LogP contribution in [-0.4, -0.2) is 17.1 Å². The molecule has 0 unspecified atom stereocenters. The summed E-state index contributed by atoms with van der Waals surface area (Å²) >= 11 is 0. The molecule has 0 radical (unpaired) electrons. The lowest BCUT2D eigenvalue weighted by Crippen LogP contribution is -2.16. The number of carbonyl (C=O) groups is 1. The molecule has 0 saturated heterocycles. The number of hydrogen-bond acceptors (Lipinski definition) is 2. The Bertz CT molecular complexity index is 601. The normalized spacial score (nSPS) is 11.3. The quantitative estimate of drug-likeness (QED) is 0.430. The first-order chi connectivity index (χ1) is 10.3. The zero-order valence-corrected chi connectivity index (χ0v) is 12.6. The van der Waals surface area contributed by atoms with Gasteiger partial charge in [0.1, 0.15) is 0 Å². The van der Waals surface area contributed by atoms with Crippen molar-refractivity contribution in [2.75, 3.05) is 0 Å². The van der Waals surface area contributed by atoms with Crippen molar-refractivity contribution in [3.63, 3.8) is 0 Å². The summed E-state index contributed by atoms with van der Waals surface area (Å²) in [4.78, 5) is 14.8. The molecular weight excluding hydrogens is 262 g/mol. The average molecular weight is 285 g/mol. The molecule has 4 nitrogen and oxygen atoms in total. The molecule has 0 fully saturated rings. The second-order valence-electron chi connectivity index (χ2n) is 5.25. The Labute approximate surface area is 125 Å². The van der Waals surface area contributed by atoms with Crippen LogP contribution in [0.15, 0.2) is 35.6 Å². The third kappa shape index (κ3) is 4.74. The van der Waals surface area contributed by atoms with Gasteiger partial charge in [0, 0.05) is 29.1 Å². The maximum atomic E-state index is 11.6. The number of hydrogen-bond donors (Lipinski definition) is 2. The van der Waals surface area contributed by atoms with Gasteiger partial charge in [0.05, 0.1) is 6.21 Å². The highest BCUT2D eigenvalue weighted by molar-refractivity contribution is 5.99. The SMILES string of the molecule is CCCCCCCC(=O)N/N=C/c1c[nH]c2ccccc12. The van der Waals surface area contributed by atoms with E-state index in [1.807, 2.05) is 30.5 Å². The summed E-state index contributed by atoms with van der Waals surface area (Å²) in [6, 6.07) is 8.02. The molecule has 0 aliphatic heterocycles. The van der Waals surface area contributed by atoms with Crippen molar-refractivity contribution in [2.24, 2.45) is 5.10 Å². The molecule has 0 saturated carbocycles. The average Bonchev–Trinajstić information content (AvgIpc) is 2.91. The van der Waals surface area contributed by atoms with Gasteiger partial charge in [0.15, 0.2) is 0 Å². The number of hydrazone groups is 1. The lowest BCUT2D eigenvalue weighted by molar-refractivity contribution is -0.121. The fourth-order valence-corrected chi connectivity index (χ4v) is 2.32. The Kier molecular flexibility index (Phi) is 6.00. The molecule has 0 atom stereocenters. The molecule has 1 heterocycles. The molecular formula is C17H23N3O. The number of aromatic amines is 1. The molecule has 21 heavy (non-hydrogen) atoms. The van der Waals surface area contributed by atoms with Gasteiger partial charge in [-0.1, -0.05) is 50.8 Å². The van der Waals surface area contributed by atoms with Crippen LogP contribution in [0.25, 0.3) is 10.9 Å². The summed E-state index contributed by atoms with van der Waals surface area (Å²) in [5.74, 6) is -0.0115. The Morgan fingerprint density at radius 2 is 2.05 bits per heavy atom. The van der Waals surface area contributed by atoms with Crippen LogP contribution in [0.1, 0.15) is 51.0 Å². The Morgan fingerprint density at radius 1 is 1.24 bits per heavy atom. The smallest absolute Gasteiger partial charge is 0.240 e. The first-order valence-corrected chi connectivity index (χ1v) is 7.69. The van der Waals surface area contributed by atoms with E-state index in [1.54, 1.807) is 6.21 Å². The lowest BCUT2D eigenvalue weighted by atomic mass is 10.1. The van der Waals surface area contributed by atoms with Crippen molar-refractivity contribution in [3.05, 3.63) is 36.0 Å². The summed E-state index contributed by atoms with van der Waals surface area (Å²) in [5, 5.41) is 5.14. The number of nitrogens with one attached hydrogen (secondary N) is 2. The van der Waals surface area contributed by atoms with Crippen molar-refractivity contribution >= 4 is 23.0 Å². The van der Waals surface area contributed by atoms with Crippen LogP contribution in [0.2, 0.25) is 0 Å². The number of amides is 1. The Balaban J connectivity index is 1.76. The summed E-state index contributed by atoms with van der Waals surface area (Å²) in [6.45, 7) is 2.19. The van der Waals surface area contributed by atoms with E-state index in [4.69, 9.17) is 0 Å². The van der Waals surface area contributed by atoms with Gasteiger partial charge in [-0.15, -0.1) is 0 Å². The van der Waals surface area contributed by atoms with Gasteiger partial charge in [-0.05, 0) is 12.5 Å². The number of aromatic nitrogens is 1. The molecule has 1 aromatic carbocycles. The maximum absolute atomic E-state index is 11.6. The highest BCUT2D eigenvalue weighted by atomic mass is 16.2. The largest absolute Gasteiger partial charge is 0.361 e. The minimum absolute atomic E-state index is 0.0115. The summed E-state index contributed by atoms with van der Waals surface area (Å²) in [7, 11) is 0. The minimum atomic E-state index is -0.0115. The second kappa shape index (κ2) is 8.25. The number of unbranched alkanes of at least 4 members (excludes halogenated alkanes) is 4. The van der Waals surface area contributed by atoms with Crippen LogP contribution in [0.4, 0.5) is 0 Å². The van der Waals surface area contributed by atoms with Gasteiger partial charge < -0.3 is 4.98 Å². The van der Waals surface area contributed by atoms with E-state index in [1.165, 1.54) is 19.3 Å². The maximum Gasteiger partial charge on any atom is 0.240 e. The molecule has 0 aliphatic rings. The highest BCUT2D eigenvalue weighted by Gasteiger charge is 2.01. The van der Waals surface area contributed by atoms with Gasteiger partial charge >= 0.3 is 0 Å².